The van der Waals surface area contributed by atoms with Crippen LogP contribution in [0.15, 0.2) is 23.4 Å². The van der Waals surface area contributed by atoms with Gasteiger partial charge in [0.05, 0.1) is 6.07 Å². The van der Waals surface area contributed by atoms with Crippen LogP contribution < -0.4 is 5.73 Å². The fraction of sp³-hybridized carbons (Fsp3) is 0.375. The topological polar surface area (TPSA) is 49.8 Å². The molecule has 0 saturated heterocycles. The molecular weight excluding hydrogens is 124 g/mol. The third kappa shape index (κ3) is 3.73. The molecule has 0 aromatic heterocycles. The van der Waals surface area contributed by atoms with Crippen molar-refractivity contribution >= 4 is 0 Å². The second-order valence-electron chi connectivity index (χ2n) is 2.07. The minimum Gasteiger partial charge on any atom is -0.402 e. The number of allylic oxidation sites excluding steroid dienone is 4. The normalized spacial score (nSPS) is 12.9. The lowest BCUT2D eigenvalue weighted by atomic mass is 10.2. The van der Waals surface area contributed by atoms with Gasteiger partial charge in [-0.1, -0.05) is 6.92 Å². The third-order valence-corrected chi connectivity index (χ3v) is 1.07. The molecule has 2 nitrogen and oxygen atoms in total. The van der Waals surface area contributed by atoms with Crippen LogP contribution in [0.4, 0.5) is 0 Å². The van der Waals surface area contributed by atoms with Gasteiger partial charge in [0.1, 0.15) is 0 Å². The Morgan fingerprint density at radius 2 is 2.20 bits per heavy atom. The summed E-state index contributed by atoms with van der Waals surface area (Å²) in [5, 5.41) is 8.45. The van der Waals surface area contributed by atoms with Crippen molar-refractivity contribution in [3.05, 3.63) is 23.4 Å². The molecule has 0 atom stereocenters. The predicted octanol–water partition coefficient (Wildman–Crippen LogP) is 1.71. The third-order valence-electron chi connectivity index (χ3n) is 1.07. The van der Waals surface area contributed by atoms with Crippen LogP contribution in [0.2, 0.25) is 0 Å². The van der Waals surface area contributed by atoms with Crippen LogP contribution in [-0.4, -0.2) is 0 Å². The zero-order valence-corrected chi connectivity index (χ0v) is 6.39. The molecule has 0 unspecified atom stereocenters. The van der Waals surface area contributed by atoms with E-state index in [0.29, 0.717) is 0 Å². The monoisotopic (exact) mass is 136 g/mol. The van der Waals surface area contributed by atoms with Crippen molar-refractivity contribution in [1.29, 1.82) is 5.26 Å². The van der Waals surface area contributed by atoms with Gasteiger partial charge in [-0.05, 0) is 25.5 Å². The number of rotatable bonds is 2. The van der Waals surface area contributed by atoms with Gasteiger partial charge < -0.3 is 5.73 Å². The molecule has 0 spiro atoms. The van der Waals surface area contributed by atoms with E-state index in [1.165, 1.54) is 0 Å². The van der Waals surface area contributed by atoms with Gasteiger partial charge >= 0.3 is 0 Å². The number of nitriles is 1. The number of hydrogen-bond donors (Lipinski definition) is 1. The standard InChI is InChI=1S/C8H12N2/c1-3-8(6-9)5-4-7(2)10/h4-5H,3,10H2,1-2H3/b7-4+,8-5+. The summed E-state index contributed by atoms with van der Waals surface area (Å²) < 4.78 is 0. The van der Waals surface area contributed by atoms with Crippen molar-refractivity contribution in [2.45, 2.75) is 20.3 Å². The van der Waals surface area contributed by atoms with Gasteiger partial charge in [0, 0.05) is 11.3 Å². The van der Waals surface area contributed by atoms with E-state index in [1.807, 2.05) is 6.92 Å². The van der Waals surface area contributed by atoms with Crippen LogP contribution in [0.3, 0.4) is 0 Å². The maximum atomic E-state index is 8.45. The van der Waals surface area contributed by atoms with E-state index in [1.54, 1.807) is 19.1 Å². The quantitative estimate of drug-likeness (QED) is 0.464. The Bertz CT molecular complexity index is 190. The van der Waals surface area contributed by atoms with Gasteiger partial charge in [-0.15, -0.1) is 0 Å². The van der Waals surface area contributed by atoms with E-state index in [-0.39, 0.29) is 0 Å². The van der Waals surface area contributed by atoms with Gasteiger partial charge in [-0.2, -0.15) is 5.26 Å². The van der Waals surface area contributed by atoms with Crippen molar-refractivity contribution < 1.29 is 0 Å². The first-order valence-electron chi connectivity index (χ1n) is 3.23. The molecule has 0 fully saturated rings. The van der Waals surface area contributed by atoms with Crippen molar-refractivity contribution in [2.24, 2.45) is 5.73 Å². The average Bonchev–Trinajstić information content (AvgIpc) is 1.90. The van der Waals surface area contributed by atoms with Gasteiger partial charge in [-0.25, -0.2) is 0 Å². The van der Waals surface area contributed by atoms with E-state index in [0.717, 1.165) is 17.7 Å². The Kier molecular flexibility index (Phi) is 4.06. The summed E-state index contributed by atoms with van der Waals surface area (Å²) in [5.74, 6) is 0. The molecule has 0 aliphatic rings. The van der Waals surface area contributed by atoms with Crippen LogP contribution in [0.1, 0.15) is 20.3 Å². The minimum absolute atomic E-state index is 0.723. The summed E-state index contributed by atoms with van der Waals surface area (Å²) in [5.41, 5.74) is 6.84. The van der Waals surface area contributed by atoms with Crippen molar-refractivity contribution in [3.8, 4) is 6.07 Å². The van der Waals surface area contributed by atoms with Gasteiger partial charge in [0.2, 0.25) is 0 Å². The molecule has 0 aliphatic heterocycles. The molecule has 2 heteroatoms. The average molecular weight is 136 g/mol. The Hall–Kier alpha value is -1.23. The minimum atomic E-state index is 0.723. The SMILES string of the molecule is CC/C(C#N)=C\C=C(/C)N. The fourth-order valence-corrected chi connectivity index (χ4v) is 0.466. The molecule has 54 valence electrons. The summed E-state index contributed by atoms with van der Waals surface area (Å²) >= 11 is 0. The Morgan fingerprint density at radius 1 is 1.60 bits per heavy atom. The van der Waals surface area contributed by atoms with Crippen LogP contribution in [0.25, 0.3) is 0 Å². The molecule has 0 amide bonds. The van der Waals surface area contributed by atoms with Crippen LogP contribution in [0.5, 0.6) is 0 Å². The maximum absolute atomic E-state index is 8.45. The number of nitrogens with two attached hydrogens (primary N) is 1. The zero-order chi connectivity index (χ0) is 7.98. The van der Waals surface area contributed by atoms with Crippen molar-refractivity contribution in [3.63, 3.8) is 0 Å². The zero-order valence-electron chi connectivity index (χ0n) is 6.39. The molecule has 0 bridgehead atoms. The lowest BCUT2D eigenvalue weighted by Gasteiger charge is -1.87. The van der Waals surface area contributed by atoms with E-state index in [9.17, 15) is 0 Å². The molecular formula is C8H12N2. The summed E-state index contributed by atoms with van der Waals surface area (Å²) in [6.45, 7) is 3.73. The maximum Gasteiger partial charge on any atom is 0.0946 e. The number of hydrogen-bond acceptors (Lipinski definition) is 2. The highest BCUT2D eigenvalue weighted by molar-refractivity contribution is 5.26. The highest BCUT2D eigenvalue weighted by Crippen LogP contribution is 1.98. The molecule has 0 rings (SSSR count). The van der Waals surface area contributed by atoms with Crippen molar-refractivity contribution in [2.75, 3.05) is 0 Å². The Labute approximate surface area is 61.6 Å². The first-order valence-corrected chi connectivity index (χ1v) is 3.23. The van der Waals surface area contributed by atoms with Crippen LogP contribution in [-0.2, 0) is 0 Å². The first-order chi connectivity index (χ1) is 4.70. The lowest BCUT2D eigenvalue weighted by Crippen LogP contribution is -1.88. The molecule has 0 aromatic rings. The summed E-state index contributed by atoms with van der Waals surface area (Å²) in [6, 6.07) is 2.07. The second kappa shape index (κ2) is 4.63. The highest BCUT2D eigenvalue weighted by atomic mass is 14.5. The van der Waals surface area contributed by atoms with E-state index in [2.05, 4.69) is 6.07 Å². The van der Waals surface area contributed by atoms with E-state index >= 15 is 0 Å². The smallest absolute Gasteiger partial charge is 0.0946 e. The molecule has 10 heavy (non-hydrogen) atoms. The summed E-state index contributed by atoms with van der Waals surface area (Å²) in [7, 11) is 0. The highest BCUT2D eigenvalue weighted by Gasteiger charge is 1.85. The largest absolute Gasteiger partial charge is 0.402 e. The van der Waals surface area contributed by atoms with Gasteiger partial charge in [0.15, 0.2) is 0 Å². The lowest BCUT2D eigenvalue weighted by molar-refractivity contribution is 1.15. The van der Waals surface area contributed by atoms with Crippen LogP contribution >= 0.6 is 0 Å². The van der Waals surface area contributed by atoms with Crippen LogP contribution in [0, 0.1) is 11.3 Å². The fourth-order valence-electron chi connectivity index (χ4n) is 0.466. The first kappa shape index (κ1) is 8.77. The second-order valence-corrected chi connectivity index (χ2v) is 2.07. The van der Waals surface area contributed by atoms with E-state index in [4.69, 9.17) is 11.0 Å². The Morgan fingerprint density at radius 3 is 2.50 bits per heavy atom. The van der Waals surface area contributed by atoms with E-state index < -0.39 is 0 Å². The molecule has 2 N–H and O–H groups in total. The Balaban J connectivity index is 4.17. The molecule has 0 radical (unpaired) electrons. The molecule has 0 saturated carbocycles. The summed E-state index contributed by atoms with van der Waals surface area (Å²) in [4.78, 5) is 0. The molecule has 0 heterocycles. The molecule has 0 aliphatic carbocycles. The predicted molar refractivity (Wildman–Crippen MR) is 41.9 cm³/mol. The number of nitrogens with zero attached hydrogens (tertiary/aromatic N) is 1. The molecule has 0 aromatic carbocycles. The summed E-state index contributed by atoms with van der Waals surface area (Å²) in [6.07, 6.45) is 4.25. The van der Waals surface area contributed by atoms with Gasteiger partial charge in [0.25, 0.3) is 0 Å². The van der Waals surface area contributed by atoms with Crippen molar-refractivity contribution in [1.82, 2.24) is 0 Å². The van der Waals surface area contributed by atoms with Gasteiger partial charge in [-0.3, -0.25) is 0 Å².